The van der Waals surface area contributed by atoms with Crippen LogP contribution >= 0.6 is 0 Å². The van der Waals surface area contributed by atoms with E-state index >= 15 is 0 Å². The zero-order valence-electron chi connectivity index (χ0n) is 19.5. The molecule has 35 heavy (non-hydrogen) atoms. The predicted molar refractivity (Wildman–Crippen MR) is 134 cm³/mol. The summed E-state index contributed by atoms with van der Waals surface area (Å²) in [5.41, 5.74) is 0.327. The van der Waals surface area contributed by atoms with E-state index in [4.69, 9.17) is 9.47 Å². The number of rotatable bonds is 7. The fourth-order valence-corrected chi connectivity index (χ4v) is 4.69. The van der Waals surface area contributed by atoms with Crippen LogP contribution in [0, 0.1) is 0 Å². The molecule has 0 spiro atoms. The van der Waals surface area contributed by atoms with Gasteiger partial charge in [-0.3, -0.25) is 9.59 Å². The largest absolute Gasteiger partial charge is 0.493 e. The second-order valence-corrected chi connectivity index (χ2v) is 8.62. The van der Waals surface area contributed by atoms with Gasteiger partial charge in [0.15, 0.2) is 22.9 Å². The molecular weight excluding hydrogens is 442 g/mol. The number of fused-ring (bicyclic) bond motifs is 2. The van der Waals surface area contributed by atoms with Gasteiger partial charge in [-0.05, 0) is 40.6 Å². The smallest absolute Gasteiger partial charge is 0.264 e. The van der Waals surface area contributed by atoms with Crippen molar-refractivity contribution in [3.8, 4) is 11.5 Å². The van der Waals surface area contributed by atoms with Crippen LogP contribution in [-0.2, 0) is 16.9 Å². The van der Waals surface area contributed by atoms with Crippen molar-refractivity contribution in [1.82, 2.24) is 0 Å². The minimum absolute atomic E-state index is 0.211. The van der Waals surface area contributed by atoms with Gasteiger partial charge in [0.1, 0.15) is 0 Å². The maximum absolute atomic E-state index is 13.6. The molecule has 0 bridgehead atoms. The summed E-state index contributed by atoms with van der Waals surface area (Å²) >= 11 is 0. The average Bonchev–Trinajstić information content (AvgIpc) is 3.10. The summed E-state index contributed by atoms with van der Waals surface area (Å²) in [6.07, 6.45) is -0.344. The highest BCUT2D eigenvalue weighted by Gasteiger charge is 2.50. The number of benzene rings is 4. The van der Waals surface area contributed by atoms with Gasteiger partial charge in [-0.15, -0.1) is 0 Å². The molecule has 0 unspecified atom stereocenters. The van der Waals surface area contributed by atoms with E-state index in [9.17, 15) is 14.7 Å². The number of carbonyl (C=O) groups is 2. The SMILES string of the molecule is COc1ccc(CN2C(=O)[C@@](O)(CC(=O)c3ccc4ccccc4c3)c3ccccc32)cc1OC. The molecule has 6 heteroatoms. The van der Waals surface area contributed by atoms with Gasteiger partial charge in [-0.25, -0.2) is 0 Å². The fourth-order valence-electron chi connectivity index (χ4n) is 4.69. The number of Topliss-reactive ketones (excluding diaryl/α,β-unsaturated/α-hetero) is 1. The third-order valence-electron chi connectivity index (χ3n) is 6.52. The lowest BCUT2D eigenvalue weighted by Crippen LogP contribution is -2.41. The number of para-hydroxylation sites is 1. The highest BCUT2D eigenvalue weighted by atomic mass is 16.5. The molecular formula is C29H25NO5. The Balaban J connectivity index is 1.46. The van der Waals surface area contributed by atoms with Gasteiger partial charge < -0.3 is 19.5 Å². The molecule has 4 aromatic rings. The highest BCUT2D eigenvalue weighted by molar-refractivity contribution is 6.11. The molecule has 1 heterocycles. The van der Waals surface area contributed by atoms with Gasteiger partial charge in [0.25, 0.3) is 5.91 Å². The monoisotopic (exact) mass is 467 g/mol. The summed E-state index contributed by atoms with van der Waals surface area (Å²) in [4.78, 5) is 28.4. The van der Waals surface area contributed by atoms with Crippen molar-refractivity contribution in [1.29, 1.82) is 0 Å². The van der Waals surface area contributed by atoms with Crippen LogP contribution in [0.3, 0.4) is 0 Å². The van der Waals surface area contributed by atoms with Gasteiger partial charge in [0.2, 0.25) is 0 Å². The molecule has 1 aliphatic rings. The number of ether oxygens (including phenoxy) is 2. The standard InChI is InChI=1S/C29H25NO5/c1-34-26-14-11-19(15-27(26)35-2)18-30-24-10-6-5-9-23(24)29(33,28(30)32)17-25(31)22-13-12-20-7-3-4-8-21(20)16-22/h3-16,33H,17-18H2,1-2H3/t29-/m1/s1. The summed E-state index contributed by atoms with van der Waals surface area (Å²) in [6.45, 7) is 0.211. The van der Waals surface area contributed by atoms with Crippen LogP contribution in [0.4, 0.5) is 5.69 Å². The van der Waals surface area contributed by atoms with E-state index < -0.39 is 11.5 Å². The molecule has 5 rings (SSSR count). The Bertz CT molecular complexity index is 1450. The molecule has 1 amide bonds. The molecule has 0 aromatic heterocycles. The Hall–Kier alpha value is -4.16. The number of methoxy groups -OCH3 is 2. The molecule has 176 valence electrons. The molecule has 0 saturated heterocycles. The average molecular weight is 468 g/mol. The van der Waals surface area contributed by atoms with E-state index in [1.165, 1.54) is 4.90 Å². The first-order valence-electron chi connectivity index (χ1n) is 11.3. The number of carbonyl (C=O) groups excluding carboxylic acids is 2. The van der Waals surface area contributed by atoms with Crippen molar-refractivity contribution >= 4 is 28.2 Å². The summed E-state index contributed by atoms with van der Waals surface area (Å²) in [5.74, 6) is 0.311. The Morgan fingerprint density at radius 2 is 1.57 bits per heavy atom. The van der Waals surface area contributed by atoms with Crippen molar-refractivity contribution in [2.45, 2.75) is 18.6 Å². The van der Waals surface area contributed by atoms with Gasteiger partial charge in [0.05, 0.1) is 32.9 Å². The molecule has 0 saturated carbocycles. The molecule has 1 N–H and O–H groups in total. The van der Waals surface area contributed by atoms with E-state index in [0.29, 0.717) is 28.3 Å². The lowest BCUT2D eigenvalue weighted by Gasteiger charge is -2.23. The summed E-state index contributed by atoms with van der Waals surface area (Å²) in [7, 11) is 3.11. The topological polar surface area (TPSA) is 76.1 Å². The van der Waals surface area contributed by atoms with Crippen LogP contribution in [0.5, 0.6) is 11.5 Å². The molecule has 0 fully saturated rings. The van der Waals surface area contributed by atoms with Gasteiger partial charge >= 0.3 is 0 Å². The number of amides is 1. The lowest BCUT2D eigenvalue weighted by atomic mass is 9.88. The van der Waals surface area contributed by atoms with Crippen LogP contribution in [0.15, 0.2) is 84.9 Å². The Morgan fingerprint density at radius 3 is 2.34 bits per heavy atom. The van der Waals surface area contributed by atoms with Crippen LogP contribution in [-0.4, -0.2) is 31.0 Å². The predicted octanol–water partition coefficient (Wildman–Crippen LogP) is 4.86. The third-order valence-corrected chi connectivity index (χ3v) is 6.52. The van der Waals surface area contributed by atoms with Crippen molar-refractivity contribution in [2.24, 2.45) is 0 Å². The number of ketones is 1. The van der Waals surface area contributed by atoms with Crippen LogP contribution in [0.2, 0.25) is 0 Å². The molecule has 0 aliphatic carbocycles. The fraction of sp³-hybridized carbons (Fsp3) is 0.172. The summed E-state index contributed by atoms with van der Waals surface area (Å²) in [6, 6.07) is 25.6. The number of anilines is 1. The van der Waals surface area contributed by atoms with Crippen molar-refractivity contribution in [2.75, 3.05) is 19.1 Å². The second kappa shape index (κ2) is 8.89. The normalized spacial score (nSPS) is 16.9. The molecule has 4 aromatic carbocycles. The molecule has 1 aliphatic heterocycles. The van der Waals surface area contributed by atoms with E-state index in [2.05, 4.69) is 0 Å². The van der Waals surface area contributed by atoms with Crippen LogP contribution in [0.1, 0.15) is 27.9 Å². The minimum atomic E-state index is -1.95. The Morgan fingerprint density at radius 1 is 0.857 bits per heavy atom. The maximum atomic E-state index is 13.6. The van der Waals surface area contributed by atoms with Gasteiger partial charge in [-0.2, -0.15) is 0 Å². The van der Waals surface area contributed by atoms with Crippen LogP contribution < -0.4 is 14.4 Å². The van der Waals surface area contributed by atoms with Crippen LogP contribution in [0.25, 0.3) is 10.8 Å². The Labute approximate surface area is 203 Å². The van der Waals surface area contributed by atoms with E-state index in [-0.39, 0.29) is 18.7 Å². The first-order chi connectivity index (χ1) is 16.9. The quantitative estimate of drug-likeness (QED) is 0.393. The van der Waals surface area contributed by atoms with Crippen molar-refractivity contribution in [3.05, 3.63) is 102 Å². The van der Waals surface area contributed by atoms with E-state index in [1.807, 2.05) is 42.5 Å². The van der Waals surface area contributed by atoms with Crippen molar-refractivity contribution in [3.63, 3.8) is 0 Å². The zero-order valence-corrected chi connectivity index (χ0v) is 19.5. The number of hydrogen-bond donors (Lipinski definition) is 1. The lowest BCUT2D eigenvalue weighted by molar-refractivity contribution is -0.136. The highest BCUT2D eigenvalue weighted by Crippen LogP contribution is 2.44. The first-order valence-corrected chi connectivity index (χ1v) is 11.3. The zero-order chi connectivity index (χ0) is 24.6. The number of aliphatic hydroxyl groups is 1. The third kappa shape index (κ3) is 3.92. The first kappa shape index (κ1) is 22.6. The van der Waals surface area contributed by atoms with Gasteiger partial charge in [0, 0.05) is 11.1 Å². The van der Waals surface area contributed by atoms with Gasteiger partial charge in [-0.1, -0.05) is 60.7 Å². The maximum Gasteiger partial charge on any atom is 0.264 e. The minimum Gasteiger partial charge on any atom is -0.493 e. The molecule has 6 nitrogen and oxygen atoms in total. The van der Waals surface area contributed by atoms with Crippen molar-refractivity contribution < 1.29 is 24.2 Å². The Kier molecular flexibility index (Phi) is 5.75. The number of hydrogen-bond acceptors (Lipinski definition) is 5. The molecule has 0 radical (unpaired) electrons. The van der Waals surface area contributed by atoms with E-state index in [0.717, 1.165) is 16.3 Å². The second-order valence-electron chi connectivity index (χ2n) is 8.62. The number of nitrogens with zero attached hydrogens (tertiary/aromatic N) is 1. The van der Waals surface area contributed by atoms with E-state index in [1.54, 1.807) is 56.7 Å². The summed E-state index contributed by atoms with van der Waals surface area (Å²) in [5, 5.41) is 13.6. The molecule has 1 atom stereocenters. The summed E-state index contributed by atoms with van der Waals surface area (Å²) < 4.78 is 10.7.